The van der Waals surface area contributed by atoms with Gasteiger partial charge in [0.1, 0.15) is 0 Å². The van der Waals surface area contributed by atoms with Gasteiger partial charge in [-0.3, -0.25) is 4.79 Å². The molecular formula is C6H8N2OS. The van der Waals surface area contributed by atoms with E-state index in [1.54, 1.807) is 11.8 Å². The minimum atomic E-state index is 0.538. The first-order chi connectivity index (χ1) is 4.86. The van der Waals surface area contributed by atoms with Gasteiger partial charge in [-0.05, 0) is 5.75 Å². The maximum absolute atomic E-state index is 10.1. The lowest BCUT2D eigenvalue weighted by Crippen LogP contribution is -1.77. The van der Waals surface area contributed by atoms with Crippen molar-refractivity contribution in [1.82, 2.24) is 9.97 Å². The van der Waals surface area contributed by atoms with Crippen molar-refractivity contribution >= 4 is 18.0 Å². The zero-order valence-electron chi connectivity index (χ0n) is 5.63. The molecule has 0 aliphatic heterocycles. The van der Waals surface area contributed by atoms with Gasteiger partial charge in [0.2, 0.25) is 0 Å². The number of imidazole rings is 1. The molecule has 3 nitrogen and oxygen atoms in total. The van der Waals surface area contributed by atoms with E-state index < -0.39 is 0 Å². The third-order valence-electron chi connectivity index (χ3n) is 0.980. The molecule has 0 atom stereocenters. The van der Waals surface area contributed by atoms with Crippen molar-refractivity contribution in [2.75, 3.05) is 5.75 Å². The van der Waals surface area contributed by atoms with Crippen molar-refractivity contribution in [1.29, 1.82) is 0 Å². The van der Waals surface area contributed by atoms with Gasteiger partial charge in [0.15, 0.2) is 11.4 Å². The summed E-state index contributed by atoms with van der Waals surface area (Å²) in [5.41, 5.74) is 0.538. The van der Waals surface area contributed by atoms with E-state index in [9.17, 15) is 4.79 Å². The van der Waals surface area contributed by atoms with Crippen molar-refractivity contribution in [3.05, 3.63) is 11.9 Å². The van der Waals surface area contributed by atoms with Crippen LogP contribution in [0.1, 0.15) is 17.4 Å². The Morgan fingerprint density at radius 1 is 1.90 bits per heavy atom. The maximum atomic E-state index is 10.1. The maximum Gasteiger partial charge on any atom is 0.167 e. The van der Waals surface area contributed by atoms with E-state index in [1.165, 1.54) is 6.20 Å². The quantitative estimate of drug-likeness (QED) is 0.530. The highest BCUT2D eigenvalue weighted by Gasteiger charge is 1.96. The molecule has 1 N–H and O–H groups in total. The predicted octanol–water partition coefficient (Wildman–Crippen LogP) is 1.33. The topological polar surface area (TPSA) is 45.8 Å². The summed E-state index contributed by atoms with van der Waals surface area (Å²) in [6.45, 7) is 2.04. The molecular weight excluding hydrogens is 148 g/mol. The third kappa shape index (κ3) is 1.60. The van der Waals surface area contributed by atoms with Gasteiger partial charge in [-0.2, -0.15) is 0 Å². The smallest absolute Gasteiger partial charge is 0.167 e. The Morgan fingerprint density at radius 2 is 2.70 bits per heavy atom. The molecule has 0 bridgehead atoms. The van der Waals surface area contributed by atoms with E-state index in [0.717, 1.165) is 17.2 Å². The second-order valence-corrected chi connectivity index (χ2v) is 2.95. The third-order valence-corrected chi connectivity index (χ3v) is 1.75. The van der Waals surface area contributed by atoms with Crippen LogP contribution in [0.2, 0.25) is 0 Å². The molecule has 0 fully saturated rings. The molecule has 0 unspecified atom stereocenters. The molecule has 0 saturated carbocycles. The summed E-state index contributed by atoms with van der Waals surface area (Å²) in [6.07, 6.45) is 2.29. The minimum absolute atomic E-state index is 0.538. The molecule has 1 rings (SSSR count). The van der Waals surface area contributed by atoms with Crippen LogP contribution >= 0.6 is 11.8 Å². The van der Waals surface area contributed by atoms with Crippen molar-refractivity contribution in [3.8, 4) is 0 Å². The highest BCUT2D eigenvalue weighted by atomic mass is 32.2. The lowest BCUT2D eigenvalue weighted by atomic mass is 10.6. The molecule has 0 radical (unpaired) electrons. The number of aromatic nitrogens is 2. The number of carbonyl (C=O) groups excluding carboxylic acids is 1. The summed E-state index contributed by atoms with van der Waals surface area (Å²) in [6, 6.07) is 0. The summed E-state index contributed by atoms with van der Waals surface area (Å²) in [5, 5.41) is 0.810. The Bertz CT molecular complexity index is 221. The molecule has 0 amide bonds. The number of hydrogen-bond acceptors (Lipinski definition) is 3. The molecule has 0 spiro atoms. The Hall–Kier alpha value is -0.770. The second-order valence-electron chi connectivity index (χ2n) is 1.69. The molecule has 10 heavy (non-hydrogen) atoms. The number of nitrogens with one attached hydrogen (secondary N) is 1. The van der Waals surface area contributed by atoms with Gasteiger partial charge in [0.05, 0.1) is 11.9 Å². The number of thioether (sulfide) groups is 1. The zero-order chi connectivity index (χ0) is 7.40. The molecule has 0 aromatic carbocycles. The van der Waals surface area contributed by atoms with E-state index >= 15 is 0 Å². The van der Waals surface area contributed by atoms with Gasteiger partial charge in [0.25, 0.3) is 0 Å². The van der Waals surface area contributed by atoms with Crippen molar-refractivity contribution in [3.63, 3.8) is 0 Å². The zero-order valence-corrected chi connectivity index (χ0v) is 6.44. The van der Waals surface area contributed by atoms with Crippen LogP contribution in [-0.2, 0) is 0 Å². The van der Waals surface area contributed by atoms with Gasteiger partial charge in [0, 0.05) is 0 Å². The van der Waals surface area contributed by atoms with Crippen LogP contribution in [0.25, 0.3) is 0 Å². The van der Waals surface area contributed by atoms with Crippen LogP contribution in [-0.4, -0.2) is 22.0 Å². The lowest BCUT2D eigenvalue weighted by Gasteiger charge is -1.86. The first kappa shape index (κ1) is 7.34. The summed E-state index contributed by atoms with van der Waals surface area (Å²) in [4.78, 5) is 16.9. The lowest BCUT2D eigenvalue weighted by molar-refractivity contribution is 0.111. The summed E-state index contributed by atoms with van der Waals surface area (Å²) < 4.78 is 0. The van der Waals surface area contributed by atoms with E-state index in [-0.39, 0.29) is 0 Å². The van der Waals surface area contributed by atoms with Crippen LogP contribution in [0, 0.1) is 0 Å². The number of carbonyl (C=O) groups is 1. The van der Waals surface area contributed by atoms with E-state index in [0.29, 0.717) is 5.69 Å². The standard InChI is InChI=1S/C6H8N2OS/c1-2-10-6-7-3-5(4-9)8-6/h3-4H,2H2,1H3,(H,7,8). The second kappa shape index (κ2) is 3.41. The van der Waals surface area contributed by atoms with Crippen LogP contribution in [0.15, 0.2) is 11.4 Å². The predicted molar refractivity (Wildman–Crippen MR) is 40.4 cm³/mol. The van der Waals surface area contributed by atoms with Crippen LogP contribution in [0.3, 0.4) is 0 Å². The fourth-order valence-electron chi connectivity index (χ4n) is 0.586. The minimum Gasteiger partial charge on any atom is -0.331 e. The summed E-state index contributed by atoms with van der Waals surface area (Å²) >= 11 is 1.59. The summed E-state index contributed by atoms with van der Waals surface area (Å²) in [5.74, 6) is 0.964. The van der Waals surface area contributed by atoms with Crippen molar-refractivity contribution in [2.24, 2.45) is 0 Å². The Morgan fingerprint density at radius 3 is 3.20 bits per heavy atom. The number of H-pyrrole nitrogens is 1. The Balaban J connectivity index is 2.68. The number of rotatable bonds is 3. The van der Waals surface area contributed by atoms with Crippen molar-refractivity contribution in [2.45, 2.75) is 12.1 Å². The highest BCUT2D eigenvalue weighted by Crippen LogP contribution is 2.11. The van der Waals surface area contributed by atoms with E-state index in [1.807, 2.05) is 6.92 Å². The van der Waals surface area contributed by atoms with Crippen LogP contribution in [0.5, 0.6) is 0 Å². The first-order valence-corrected chi connectivity index (χ1v) is 3.98. The number of aldehydes is 1. The molecule has 1 aromatic heterocycles. The highest BCUT2D eigenvalue weighted by molar-refractivity contribution is 7.99. The number of nitrogens with zero attached hydrogens (tertiary/aromatic N) is 1. The molecule has 1 heterocycles. The molecule has 1 aromatic rings. The van der Waals surface area contributed by atoms with Crippen molar-refractivity contribution < 1.29 is 4.79 Å². The molecule has 0 aliphatic carbocycles. The fourth-order valence-corrected chi connectivity index (χ4v) is 1.18. The van der Waals surface area contributed by atoms with Gasteiger partial charge in [-0.1, -0.05) is 18.7 Å². The summed E-state index contributed by atoms with van der Waals surface area (Å²) in [7, 11) is 0. The SMILES string of the molecule is CCSc1ncc(C=O)[nH]1. The monoisotopic (exact) mass is 156 g/mol. The Kier molecular flexibility index (Phi) is 2.50. The van der Waals surface area contributed by atoms with Crippen LogP contribution < -0.4 is 0 Å². The largest absolute Gasteiger partial charge is 0.331 e. The average Bonchev–Trinajstić information content (AvgIpc) is 2.37. The van der Waals surface area contributed by atoms with E-state index in [4.69, 9.17) is 0 Å². The average molecular weight is 156 g/mol. The van der Waals surface area contributed by atoms with Gasteiger partial charge in [-0.15, -0.1) is 0 Å². The van der Waals surface area contributed by atoms with E-state index in [2.05, 4.69) is 9.97 Å². The first-order valence-electron chi connectivity index (χ1n) is 2.99. The fraction of sp³-hybridized carbons (Fsp3) is 0.333. The number of aromatic amines is 1. The van der Waals surface area contributed by atoms with Gasteiger partial charge < -0.3 is 4.98 Å². The number of hydrogen-bond donors (Lipinski definition) is 1. The molecule has 0 saturated heterocycles. The molecule has 0 aliphatic rings. The van der Waals surface area contributed by atoms with Gasteiger partial charge >= 0.3 is 0 Å². The molecule has 4 heteroatoms. The normalized spacial score (nSPS) is 9.70. The van der Waals surface area contributed by atoms with Gasteiger partial charge in [-0.25, -0.2) is 4.98 Å². The molecule has 54 valence electrons. The van der Waals surface area contributed by atoms with Crippen LogP contribution in [0.4, 0.5) is 0 Å². The Labute approximate surface area is 63.2 Å².